The van der Waals surface area contributed by atoms with Gasteiger partial charge in [0.2, 0.25) is 5.91 Å². The minimum Gasteiger partial charge on any atom is -0.352 e. The van der Waals surface area contributed by atoms with E-state index in [9.17, 15) is 9.59 Å². The Morgan fingerprint density at radius 2 is 1.73 bits per heavy atom. The number of carbonyl (C=O) groups excluding carboxylic acids is 2. The van der Waals surface area contributed by atoms with Crippen LogP contribution in [0.5, 0.6) is 0 Å². The molecule has 0 radical (unpaired) electrons. The summed E-state index contributed by atoms with van der Waals surface area (Å²) in [5, 5.41) is 10.3. The average Bonchev–Trinajstić information content (AvgIpc) is 2.93. The summed E-state index contributed by atoms with van der Waals surface area (Å²) in [5.41, 5.74) is 13.2. The summed E-state index contributed by atoms with van der Waals surface area (Å²) < 4.78 is 0. The summed E-state index contributed by atoms with van der Waals surface area (Å²) in [4.78, 5) is 24.9. The Morgan fingerprint density at radius 1 is 1.03 bits per heavy atom. The third-order valence-electron chi connectivity index (χ3n) is 6.89. The quantitative estimate of drug-likeness (QED) is 0.231. The first-order valence-electron chi connectivity index (χ1n) is 13.2. The lowest BCUT2D eigenvalue weighted by Gasteiger charge is -2.27. The van der Waals surface area contributed by atoms with Crippen LogP contribution in [0.1, 0.15) is 57.1 Å². The molecule has 0 bridgehead atoms. The highest BCUT2D eigenvalue weighted by Gasteiger charge is 2.26. The summed E-state index contributed by atoms with van der Waals surface area (Å²) >= 11 is 1.74. The number of hydrogen-bond acceptors (Lipinski definition) is 5. The van der Waals surface area contributed by atoms with Gasteiger partial charge < -0.3 is 16.4 Å². The van der Waals surface area contributed by atoms with E-state index < -0.39 is 0 Å². The van der Waals surface area contributed by atoms with Gasteiger partial charge in [0, 0.05) is 38.0 Å². The molecule has 0 aliphatic heterocycles. The highest BCUT2D eigenvalue weighted by atomic mass is 32.2. The minimum absolute atomic E-state index is 0. The second kappa shape index (κ2) is 15.4. The fourth-order valence-corrected chi connectivity index (χ4v) is 5.39. The topological polar surface area (TPSA) is 109 Å². The molecule has 2 aromatic carbocycles. The zero-order chi connectivity index (χ0) is 26.5. The number of benzene rings is 2. The van der Waals surface area contributed by atoms with Gasteiger partial charge in [0.05, 0.1) is 5.71 Å². The van der Waals surface area contributed by atoms with Crippen molar-refractivity contribution in [3.05, 3.63) is 71.3 Å². The molecule has 1 atom stereocenters. The van der Waals surface area contributed by atoms with Crippen LogP contribution in [0, 0.1) is 18.8 Å². The number of hydrazone groups is 1. The third kappa shape index (κ3) is 10.2. The molecule has 202 valence electrons. The summed E-state index contributed by atoms with van der Waals surface area (Å²) in [5.74, 6) is 2.08. The lowest BCUT2D eigenvalue weighted by Crippen LogP contribution is -2.40. The van der Waals surface area contributed by atoms with Crippen LogP contribution >= 0.6 is 11.8 Å². The number of nitrogens with one attached hydrogen (secondary N) is 3. The van der Waals surface area contributed by atoms with Crippen LogP contribution in [-0.4, -0.2) is 36.0 Å². The van der Waals surface area contributed by atoms with Gasteiger partial charge in [0.15, 0.2) is 0 Å². The summed E-state index contributed by atoms with van der Waals surface area (Å²) in [7, 11) is 0. The van der Waals surface area contributed by atoms with Gasteiger partial charge >= 0.3 is 6.03 Å². The van der Waals surface area contributed by atoms with Gasteiger partial charge in [-0.1, -0.05) is 67.1 Å². The number of nitrogens with zero attached hydrogens (tertiary/aromatic N) is 1. The highest BCUT2D eigenvalue weighted by molar-refractivity contribution is 7.99. The van der Waals surface area contributed by atoms with E-state index >= 15 is 0 Å². The summed E-state index contributed by atoms with van der Waals surface area (Å²) in [6.45, 7) is 5.22. The van der Waals surface area contributed by atoms with Crippen molar-refractivity contribution in [1.82, 2.24) is 16.1 Å². The molecule has 0 spiro atoms. The Labute approximate surface area is 226 Å². The zero-order valence-electron chi connectivity index (χ0n) is 22.0. The second-order valence-electron chi connectivity index (χ2n) is 9.84. The normalized spacial score (nSPS) is 18.6. The molecule has 1 saturated carbocycles. The van der Waals surface area contributed by atoms with Crippen LogP contribution in [0.2, 0.25) is 0 Å². The summed E-state index contributed by atoms with van der Waals surface area (Å²) in [6.07, 6.45) is 4.30. The molecule has 1 aliphatic carbocycles. The van der Waals surface area contributed by atoms with Crippen molar-refractivity contribution in [2.75, 3.05) is 12.3 Å². The van der Waals surface area contributed by atoms with Gasteiger partial charge in [-0.2, -0.15) is 16.9 Å². The molecule has 3 rings (SSSR count). The average molecular weight is 526 g/mol. The molecule has 8 heteroatoms. The van der Waals surface area contributed by atoms with Crippen LogP contribution in [0.15, 0.2) is 59.7 Å². The summed E-state index contributed by atoms with van der Waals surface area (Å²) in [6, 6.07) is 18.0. The molecule has 0 saturated heterocycles. The van der Waals surface area contributed by atoms with Crippen molar-refractivity contribution in [2.24, 2.45) is 22.7 Å². The molecule has 3 amide bonds. The molecule has 0 heterocycles. The Bertz CT molecular complexity index is 1010. The predicted octanol–water partition coefficient (Wildman–Crippen LogP) is 4.99. The van der Waals surface area contributed by atoms with Gasteiger partial charge in [-0.25, -0.2) is 10.2 Å². The number of carbonyl (C=O) groups is 2. The number of nitrogens with two attached hydrogens (primary N) is 1. The van der Waals surface area contributed by atoms with E-state index in [-0.39, 0.29) is 25.3 Å². The van der Waals surface area contributed by atoms with Crippen LogP contribution < -0.4 is 21.8 Å². The fourth-order valence-electron chi connectivity index (χ4n) is 4.37. The maximum Gasteiger partial charge on any atom is 0.335 e. The zero-order valence-corrected chi connectivity index (χ0v) is 22.9. The second-order valence-corrected chi connectivity index (χ2v) is 10.8. The highest BCUT2D eigenvalue weighted by Crippen LogP contribution is 2.28. The molecule has 2 aromatic rings. The molecule has 1 aliphatic rings. The molecular weight excluding hydrogens is 482 g/mol. The third-order valence-corrected chi connectivity index (χ3v) is 7.92. The van der Waals surface area contributed by atoms with Crippen molar-refractivity contribution in [2.45, 2.75) is 64.3 Å². The van der Waals surface area contributed by atoms with Crippen LogP contribution in [-0.2, 0) is 17.1 Å². The lowest BCUT2D eigenvalue weighted by atomic mass is 9.81. The number of rotatable bonds is 12. The fraction of sp³-hybridized carbons (Fsp3) is 0.483. The minimum atomic E-state index is -0.313. The number of aryl methyl sites for hydroxylation is 1. The molecule has 0 unspecified atom stereocenters. The van der Waals surface area contributed by atoms with Crippen LogP contribution in [0.25, 0.3) is 0 Å². The number of amides is 3. The van der Waals surface area contributed by atoms with Crippen LogP contribution in [0.3, 0.4) is 0 Å². The first-order valence-corrected chi connectivity index (χ1v) is 14.4. The van der Waals surface area contributed by atoms with E-state index in [1.807, 2.05) is 25.1 Å². The van der Waals surface area contributed by atoms with Gasteiger partial charge in [0.1, 0.15) is 0 Å². The van der Waals surface area contributed by atoms with Crippen LogP contribution in [0.4, 0.5) is 4.79 Å². The first-order chi connectivity index (χ1) is 17.9. The van der Waals surface area contributed by atoms with Crippen molar-refractivity contribution < 1.29 is 11.0 Å². The Morgan fingerprint density at radius 3 is 2.41 bits per heavy atom. The molecule has 5 N–H and O–H groups in total. The Kier molecular flexibility index (Phi) is 12.0. The molecular formula is C29H43N5O2S. The van der Waals surface area contributed by atoms with Gasteiger partial charge in [-0.15, -0.1) is 0 Å². The van der Waals surface area contributed by atoms with Crippen molar-refractivity contribution in [3.8, 4) is 0 Å². The van der Waals surface area contributed by atoms with Gasteiger partial charge in [-0.3, -0.25) is 4.79 Å². The maximum atomic E-state index is 12.6. The Hall–Kier alpha value is -2.84. The van der Waals surface area contributed by atoms with Crippen molar-refractivity contribution in [1.29, 1.82) is 0 Å². The van der Waals surface area contributed by atoms with E-state index in [1.54, 1.807) is 11.8 Å². The Balaban J connectivity index is 0.00000507. The number of thioether (sulfide) groups is 1. The van der Waals surface area contributed by atoms with E-state index in [2.05, 4.69) is 64.5 Å². The number of hydrogen-bond donors (Lipinski definition) is 4. The van der Waals surface area contributed by atoms with E-state index in [1.165, 1.54) is 11.1 Å². The monoisotopic (exact) mass is 525 g/mol. The smallest absolute Gasteiger partial charge is 0.335 e. The molecule has 37 heavy (non-hydrogen) atoms. The SMILES string of the molecule is CC[C@H](N)/C(CSCc1ccccc1)=N/NC(=O)NCC1CCC(C(=O)NCc2ccc(C)cc2)CC1.[HH]. The maximum absolute atomic E-state index is 12.6. The molecule has 0 aromatic heterocycles. The molecule has 1 fully saturated rings. The number of urea groups is 1. The van der Waals surface area contributed by atoms with E-state index in [0.29, 0.717) is 24.8 Å². The van der Waals surface area contributed by atoms with Crippen molar-refractivity contribution in [3.63, 3.8) is 0 Å². The van der Waals surface area contributed by atoms with Crippen molar-refractivity contribution >= 4 is 29.4 Å². The van der Waals surface area contributed by atoms with E-state index in [4.69, 9.17) is 5.73 Å². The van der Waals surface area contributed by atoms with Gasteiger partial charge in [-0.05, 0) is 56.1 Å². The van der Waals surface area contributed by atoms with E-state index in [0.717, 1.165) is 49.1 Å². The lowest BCUT2D eigenvalue weighted by molar-refractivity contribution is -0.126. The standard InChI is InChI=1S/C29H41N5O2S.H2/c1-3-26(30)27(20-37-19-24-7-5-4-6-8-24)33-34-29(36)32-18-23-13-15-25(16-14-23)28(35)31-17-22-11-9-21(2)10-12-22;/h4-12,23,25-26H,3,13-20,30H2,1-2H3,(H,31,35)(H2,32,34,36);1H/b33-27+;/t23?,25?,26-;/m0./s1. The first kappa shape index (κ1) is 28.7. The largest absolute Gasteiger partial charge is 0.352 e. The molecule has 7 nitrogen and oxygen atoms in total. The van der Waals surface area contributed by atoms with Gasteiger partial charge in [0.25, 0.3) is 0 Å². The predicted molar refractivity (Wildman–Crippen MR) is 155 cm³/mol.